The van der Waals surface area contributed by atoms with Crippen LogP contribution in [0.1, 0.15) is 27.9 Å². The third-order valence-corrected chi connectivity index (χ3v) is 4.39. The first kappa shape index (κ1) is 15.8. The van der Waals surface area contributed by atoms with Crippen LogP contribution in [0.4, 0.5) is 18.9 Å². The quantitative estimate of drug-likeness (QED) is 0.780. The molecule has 0 aromatic heterocycles. The number of nitrogens with zero attached hydrogens (tertiary/aromatic N) is 1. The highest BCUT2D eigenvalue weighted by atomic mass is 19.4. The number of hydrogen-bond donors (Lipinski definition) is 0. The van der Waals surface area contributed by atoms with E-state index < -0.39 is 11.7 Å². The molecule has 0 radical (unpaired) electrons. The van der Waals surface area contributed by atoms with E-state index in [1.807, 2.05) is 0 Å². The van der Waals surface area contributed by atoms with Gasteiger partial charge in [-0.25, -0.2) is 0 Å². The predicted octanol–water partition coefficient (Wildman–Crippen LogP) is 4.03. The molecule has 2 aromatic carbocycles. The highest BCUT2D eigenvalue weighted by Gasteiger charge is 2.33. The summed E-state index contributed by atoms with van der Waals surface area (Å²) < 4.78 is 49.2. The van der Waals surface area contributed by atoms with Crippen LogP contribution in [0.5, 0.6) is 11.5 Å². The van der Waals surface area contributed by atoms with Crippen LogP contribution in [-0.4, -0.2) is 19.2 Å². The number of rotatable bonds is 1. The Morgan fingerprint density at radius 1 is 1.04 bits per heavy atom. The fourth-order valence-corrected chi connectivity index (χ4v) is 3.17. The Bertz CT molecular complexity index is 848. The Labute approximate surface area is 141 Å². The maximum Gasteiger partial charge on any atom is 0.416 e. The smallest absolute Gasteiger partial charge is 0.416 e. The van der Waals surface area contributed by atoms with Crippen LogP contribution >= 0.6 is 0 Å². The number of fused-ring (bicyclic) bond motifs is 2. The second-order valence-corrected chi connectivity index (χ2v) is 5.97. The van der Waals surface area contributed by atoms with E-state index in [0.29, 0.717) is 47.7 Å². The first-order valence-corrected chi connectivity index (χ1v) is 7.85. The summed E-state index contributed by atoms with van der Waals surface area (Å²) in [6.45, 7) is 0.575. The number of anilines is 1. The molecule has 7 heteroatoms. The van der Waals surface area contributed by atoms with Gasteiger partial charge in [0.25, 0.3) is 5.91 Å². The van der Waals surface area contributed by atoms with Gasteiger partial charge in [-0.2, -0.15) is 13.2 Å². The van der Waals surface area contributed by atoms with Crippen LogP contribution in [0.3, 0.4) is 0 Å². The molecule has 0 N–H and O–H groups in total. The summed E-state index contributed by atoms with van der Waals surface area (Å²) in [7, 11) is 0. The summed E-state index contributed by atoms with van der Waals surface area (Å²) in [5.74, 6) is 0.805. The first-order chi connectivity index (χ1) is 11.9. The highest BCUT2D eigenvalue weighted by Crippen LogP contribution is 2.37. The van der Waals surface area contributed by atoms with Crippen molar-refractivity contribution in [3.05, 3.63) is 53.1 Å². The third kappa shape index (κ3) is 2.79. The van der Waals surface area contributed by atoms with Gasteiger partial charge >= 0.3 is 6.18 Å². The molecule has 25 heavy (non-hydrogen) atoms. The third-order valence-electron chi connectivity index (χ3n) is 4.39. The average Bonchev–Trinajstić information content (AvgIpc) is 3.07. The van der Waals surface area contributed by atoms with Gasteiger partial charge in [0.05, 0.1) is 5.56 Å². The van der Waals surface area contributed by atoms with Gasteiger partial charge in [-0.05, 0) is 54.8 Å². The minimum absolute atomic E-state index is 0.111. The number of halogens is 3. The lowest BCUT2D eigenvalue weighted by Crippen LogP contribution is -2.35. The molecule has 2 aliphatic heterocycles. The molecule has 2 aliphatic rings. The van der Waals surface area contributed by atoms with Gasteiger partial charge < -0.3 is 14.4 Å². The van der Waals surface area contributed by atoms with Crippen LogP contribution in [0.2, 0.25) is 0 Å². The molecular formula is C18H14F3NO3. The molecule has 4 rings (SSSR count). The largest absolute Gasteiger partial charge is 0.454 e. The van der Waals surface area contributed by atoms with Crippen molar-refractivity contribution in [2.24, 2.45) is 0 Å². The average molecular weight is 349 g/mol. The summed E-state index contributed by atoms with van der Waals surface area (Å²) in [5, 5.41) is 0. The van der Waals surface area contributed by atoms with Crippen LogP contribution in [0.15, 0.2) is 36.4 Å². The molecule has 130 valence electrons. The molecule has 1 amide bonds. The maximum absolute atomic E-state index is 12.9. The van der Waals surface area contributed by atoms with Gasteiger partial charge in [-0.15, -0.1) is 0 Å². The molecule has 0 spiro atoms. The van der Waals surface area contributed by atoms with Crippen molar-refractivity contribution in [1.82, 2.24) is 0 Å². The number of hydrogen-bond acceptors (Lipinski definition) is 3. The number of amides is 1. The molecule has 2 heterocycles. The number of alkyl halides is 3. The van der Waals surface area contributed by atoms with E-state index in [0.717, 1.165) is 12.1 Å². The zero-order valence-electron chi connectivity index (χ0n) is 13.1. The van der Waals surface area contributed by atoms with E-state index in [1.54, 1.807) is 18.2 Å². The molecule has 2 aromatic rings. The summed E-state index contributed by atoms with van der Waals surface area (Å²) in [6.07, 6.45) is -3.26. The minimum Gasteiger partial charge on any atom is -0.454 e. The van der Waals surface area contributed by atoms with Gasteiger partial charge in [-0.1, -0.05) is 0 Å². The molecule has 0 saturated heterocycles. The van der Waals surface area contributed by atoms with Crippen molar-refractivity contribution >= 4 is 11.6 Å². The molecule has 0 bridgehead atoms. The van der Waals surface area contributed by atoms with E-state index in [2.05, 4.69) is 0 Å². The Kier molecular flexibility index (Phi) is 3.59. The zero-order chi connectivity index (χ0) is 17.6. The second kappa shape index (κ2) is 5.68. The highest BCUT2D eigenvalue weighted by molar-refractivity contribution is 6.07. The van der Waals surface area contributed by atoms with Crippen molar-refractivity contribution in [2.75, 3.05) is 18.2 Å². The number of benzene rings is 2. The maximum atomic E-state index is 12.9. The summed E-state index contributed by atoms with van der Waals surface area (Å²) in [6, 6.07) is 8.42. The van der Waals surface area contributed by atoms with Crippen LogP contribution < -0.4 is 14.4 Å². The predicted molar refractivity (Wildman–Crippen MR) is 84.0 cm³/mol. The molecule has 0 fully saturated rings. The first-order valence-electron chi connectivity index (χ1n) is 7.85. The standard InChI is InChI=1S/C18H14F3NO3/c19-18(20,21)13-4-5-14-11(8-13)2-1-7-22(14)17(23)12-3-6-15-16(9-12)25-10-24-15/h3-6,8-9H,1-2,7,10H2. The van der Waals surface area contributed by atoms with Crippen molar-refractivity contribution in [3.63, 3.8) is 0 Å². The van der Waals surface area contributed by atoms with Crippen LogP contribution in [-0.2, 0) is 12.6 Å². The van der Waals surface area contributed by atoms with Crippen LogP contribution in [0.25, 0.3) is 0 Å². The molecule has 4 nitrogen and oxygen atoms in total. The minimum atomic E-state index is -4.39. The lowest BCUT2D eigenvalue weighted by molar-refractivity contribution is -0.137. The van der Waals surface area contributed by atoms with E-state index in [1.165, 1.54) is 11.0 Å². The van der Waals surface area contributed by atoms with Crippen molar-refractivity contribution in [3.8, 4) is 11.5 Å². The normalized spacial score (nSPS) is 15.9. The number of carbonyl (C=O) groups is 1. The Morgan fingerprint density at radius 2 is 1.84 bits per heavy atom. The van der Waals surface area contributed by atoms with E-state index in [9.17, 15) is 18.0 Å². The van der Waals surface area contributed by atoms with Gasteiger partial charge in [0, 0.05) is 17.8 Å². The summed E-state index contributed by atoms with van der Waals surface area (Å²) in [5.41, 5.74) is 0.790. The summed E-state index contributed by atoms with van der Waals surface area (Å²) in [4.78, 5) is 14.4. The zero-order valence-corrected chi connectivity index (χ0v) is 13.1. The molecule has 0 aliphatic carbocycles. The molecule has 0 unspecified atom stereocenters. The SMILES string of the molecule is O=C(c1ccc2c(c1)OCO2)N1CCCc2cc(C(F)(F)F)ccc21. The fourth-order valence-electron chi connectivity index (χ4n) is 3.17. The fraction of sp³-hybridized carbons (Fsp3) is 0.278. The number of carbonyl (C=O) groups excluding carboxylic acids is 1. The van der Waals surface area contributed by atoms with Crippen LogP contribution in [0, 0.1) is 0 Å². The number of ether oxygens (including phenoxy) is 2. The monoisotopic (exact) mass is 349 g/mol. The van der Waals surface area contributed by atoms with Gasteiger partial charge in [0.2, 0.25) is 6.79 Å². The number of aryl methyl sites for hydroxylation is 1. The Morgan fingerprint density at radius 3 is 2.64 bits per heavy atom. The molecule has 0 saturated carbocycles. The second-order valence-electron chi connectivity index (χ2n) is 5.97. The Hall–Kier alpha value is -2.70. The Balaban J connectivity index is 1.67. The molecular weight excluding hydrogens is 335 g/mol. The van der Waals surface area contributed by atoms with E-state index >= 15 is 0 Å². The van der Waals surface area contributed by atoms with E-state index in [4.69, 9.17) is 9.47 Å². The van der Waals surface area contributed by atoms with Gasteiger partial charge in [0.15, 0.2) is 11.5 Å². The van der Waals surface area contributed by atoms with Crippen molar-refractivity contribution < 1.29 is 27.4 Å². The topological polar surface area (TPSA) is 38.8 Å². The van der Waals surface area contributed by atoms with Crippen molar-refractivity contribution in [2.45, 2.75) is 19.0 Å². The lowest BCUT2D eigenvalue weighted by Gasteiger charge is -2.30. The van der Waals surface area contributed by atoms with Gasteiger partial charge in [-0.3, -0.25) is 4.79 Å². The molecule has 0 atom stereocenters. The van der Waals surface area contributed by atoms with Crippen molar-refractivity contribution in [1.29, 1.82) is 0 Å². The summed E-state index contributed by atoms with van der Waals surface area (Å²) >= 11 is 0. The van der Waals surface area contributed by atoms with Gasteiger partial charge in [0.1, 0.15) is 0 Å². The van der Waals surface area contributed by atoms with E-state index in [-0.39, 0.29) is 12.7 Å². The lowest BCUT2D eigenvalue weighted by atomic mass is 9.98.